The van der Waals surface area contributed by atoms with Crippen LogP contribution in [0, 0.1) is 0 Å². The van der Waals surface area contributed by atoms with Crippen molar-refractivity contribution < 1.29 is 22.7 Å². The first-order valence-electron chi connectivity index (χ1n) is 8.04. The molecule has 2 N–H and O–H groups in total. The van der Waals surface area contributed by atoms with Gasteiger partial charge in [-0.3, -0.25) is 9.13 Å². The van der Waals surface area contributed by atoms with E-state index in [0.717, 1.165) is 6.08 Å². The fourth-order valence-corrected chi connectivity index (χ4v) is 3.71. The molecule has 2 rings (SSSR count). The minimum atomic E-state index is -3.95. The van der Waals surface area contributed by atoms with Gasteiger partial charge in [0.25, 0.3) is 0 Å². The molecule has 11 heteroatoms. The van der Waals surface area contributed by atoms with E-state index in [1.165, 1.54) is 23.2 Å². The highest BCUT2D eigenvalue weighted by Gasteiger charge is 2.33. The summed E-state index contributed by atoms with van der Waals surface area (Å²) >= 11 is 4.64. The highest BCUT2D eigenvalue weighted by Crippen LogP contribution is 2.57. The lowest BCUT2D eigenvalue weighted by Crippen LogP contribution is -2.27. The van der Waals surface area contributed by atoms with Crippen molar-refractivity contribution in [1.82, 2.24) is 9.55 Å². The molecule has 0 saturated carbocycles. The topological polar surface area (TPSA) is 106 Å². The van der Waals surface area contributed by atoms with E-state index in [4.69, 9.17) is 19.5 Å². The first-order valence-corrected chi connectivity index (χ1v) is 10.3. The highest BCUT2D eigenvalue weighted by atomic mass is 35.5. The molecule has 2 heterocycles. The van der Waals surface area contributed by atoms with E-state index in [-0.39, 0.29) is 19.0 Å². The summed E-state index contributed by atoms with van der Waals surface area (Å²) in [5, 5.41) is 0. The van der Waals surface area contributed by atoms with Crippen LogP contribution in [0.2, 0.25) is 0 Å². The SMILES string of the molecule is CCOP(=O)(OCC)/C(F)=C\C1CCC(n2ccc(N)nc2=O)O1.CCl. The average Bonchev–Trinajstić information content (AvgIpc) is 3.05. The summed E-state index contributed by atoms with van der Waals surface area (Å²) in [5.41, 5.74) is 3.91. The molecule has 1 saturated heterocycles. The Balaban J connectivity index is 0.00000163. The molecule has 1 aromatic rings. The van der Waals surface area contributed by atoms with Crippen molar-refractivity contribution in [3.05, 3.63) is 34.4 Å². The van der Waals surface area contributed by atoms with Crippen molar-refractivity contribution in [2.45, 2.75) is 39.0 Å². The Kier molecular flexibility index (Phi) is 9.46. The summed E-state index contributed by atoms with van der Waals surface area (Å²) in [6.07, 6.45) is 3.73. The van der Waals surface area contributed by atoms with Crippen molar-refractivity contribution in [3.63, 3.8) is 0 Å². The van der Waals surface area contributed by atoms with Crippen molar-refractivity contribution in [2.75, 3.05) is 25.3 Å². The summed E-state index contributed by atoms with van der Waals surface area (Å²) in [4.78, 5) is 15.4. The molecule has 1 aliphatic rings. The van der Waals surface area contributed by atoms with Crippen LogP contribution in [0.15, 0.2) is 28.7 Å². The first-order chi connectivity index (χ1) is 12.4. The molecule has 26 heavy (non-hydrogen) atoms. The van der Waals surface area contributed by atoms with Gasteiger partial charge in [0, 0.05) is 12.6 Å². The molecular formula is C15H24ClFN3O5P. The molecule has 2 unspecified atom stereocenters. The molecule has 0 spiro atoms. The number of hydrogen-bond acceptors (Lipinski definition) is 7. The second-order valence-electron chi connectivity index (χ2n) is 5.07. The lowest BCUT2D eigenvalue weighted by molar-refractivity contribution is 0.0197. The largest absolute Gasteiger partial charge is 0.389 e. The second-order valence-corrected chi connectivity index (χ2v) is 7.01. The lowest BCUT2D eigenvalue weighted by Gasteiger charge is -2.17. The maximum Gasteiger partial charge on any atom is 0.389 e. The number of anilines is 1. The second kappa shape index (κ2) is 10.8. The van der Waals surface area contributed by atoms with Gasteiger partial charge in [0.05, 0.1) is 19.3 Å². The summed E-state index contributed by atoms with van der Waals surface area (Å²) in [6.45, 7) is 3.31. The maximum absolute atomic E-state index is 14.3. The van der Waals surface area contributed by atoms with Crippen molar-refractivity contribution in [3.8, 4) is 0 Å². The third-order valence-corrected chi connectivity index (χ3v) is 5.24. The number of nitrogens with two attached hydrogens (primary N) is 1. The molecule has 0 aromatic carbocycles. The van der Waals surface area contributed by atoms with E-state index < -0.39 is 31.2 Å². The van der Waals surface area contributed by atoms with Gasteiger partial charge in [0.15, 0.2) is 0 Å². The minimum absolute atomic E-state index is 0.0547. The average molecular weight is 412 g/mol. The van der Waals surface area contributed by atoms with Crippen LogP contribution in [0.4, 0.5) is 10.2 Å². The van der Waals surface area contributed by atoms with E-state index in [1.807, 2.05) is 0 Å². The zero-order chi connectivity index (χ0) is 19.7. The Hall–Kier alpha value is -1.25. The van der Waals surface area contributed by atoms with Crippen LogP contribution in [-0.4, -0.2) is 35.3 Å². The Morgan fingerprint density at radius 2 is 2.08 bits per heavy atom. The van der Waals surface area contributed by atoms with Gasteiger partial charge in [0.2, 0.25) is 5.57 Å². The lowest BCUT2D eigenvalue weighted by atomic mass is 10.2. The zero-order valence-corrected chi connectivity index (χ0v) is 16.6. The number of halogens is 2. The smallest absolute Gasteiger partial charge is 0.383 e. The van der Waals surface area contributed by atoms with E-state index in [1.54, 1.807) is 13.8 Å². The van der Waals surface area contributed by atoms with Crippen LogP contribution in [0.25, 0.3) is 0 Å². The molecule has 148 valence electrons. The number of aromatic nitrogens is 2. The Morgan fingerprint density at radius 3 is 2.62 bits per heavy atom. The third-order valence-electron chi connectivity index (χ3n) is 3.37. The van der Waals surface area contributed by atoms with Gasteiger partial charge in [-0.1, -0.05) is 0 Å². The normalized spacial score (nSPS) is 20.6. The summed E-state index contributed by atoms with van der Waals surface area (Å²) < 4.78 is 43.4. The van der Waals surface area contributed by atoms with Crippen LogP contribution < -0.4 is 11.4 Å². The zero-order valence-electron chi connectivity index (χ0n) is 14.9. The predicted molar refractivity (Wildman–Crippen MR) is 97.9 cm³/mol. The number of hydrogen-bond donors (Lipinski definition) is 1. The molecule has 0 amide bonds. The van der Waals surface area contributed by atoms with Crippen LogP contribution in [0.5, 0.6) is 0 Å². The van der Waals surface area contributed by atoms with Gasteiger partial charge in [-0.2, -0.15) is 9.37 Å². The Bertz CT molecular complexity index is 705. The molecule has 1 aliphatic heterocycles. The molecule has 0 aliphatic carbocycles. The first kappa shape index (κ1) is 22.8. The van der Waals surface area contributed by atoms with Crippen molar-refractivity contribution in [1.29, 1.82) is 0 Å². The van der Waals surface area contributed by atoms with Crippen LogP contribution in [-0.2, 0) is 18.3 Å². The van der Waals surface area contributed by atoms with E-state index in [2.05, 4.69) is 16.6 Å². The molecule has 0 radical (unpaired) electrons. The summed E-state index contributed by atoms with van der Waals surface area (Å²) in [6, 6.07) is 1.48. The third kappa shape index (κ3) is 5.89. The number of rotatable bonds is 7. The van der Waals surface area contributed by atoms with Crippen molar-refractivity contribution in [2.24, 2.45) is 0 Å². The quantitative estimate of drug-likeness (QED) is 0.541. The molecule has 2 atom stereocenters. The minimum Gasteiger partial charge on any atom is -0.383 e. The summed E-state index contributed by atoms with van der Waals surface area (Å²) in [7, 11) is -3.95. The predicted octanol–water partition coefficient (Wildman–Crippen LogP) is 3.44. The van der Waals surface area contributed by atoms with E-state index >= 15 is 0 Å². The van der Waals surface area contributed by atoms with Crippen LogP contribution in [0.3, 0.4) is 0 Å². The molecule has 1 fully saturated rings. The van der Waals surface area contributed by atoms with Gasteiger partial charge < -0.3 is 19.5 Å². The van der Waals surface area contributed by atoms with Crippen molar-refractivity contribution >= 4 is 25.0 Å². The van der Waals surface area contributed by atoms with E-state index in [0.29, 0.717) is 12.8 Å². The molecule has 0 bridgehead atoms. The number of ether oxygens (including phenoxy) is 1. The van der Waals surface area contributed by atoms with E-state index in [9.17, 15) is 13.8 Å². The standard InChI is InChI=1S/C14H21FN3O5P.CH3Cl/c1-3-21-24(20,22-4-2)11(15)9-10-5-6-13(23-10)18-8-7-12(16)17-14(18)19;1-2/h7-10,13H,3-6H2,1-2H3,(H2,16,17,19);1H3/b11-9-;. The van der Waals surface area contributed by atoms with Gasteiger partial charge >= 0.3 is 13.3 Å². The molecule has 1 aromatic heterocycles. The summed E-state index contributed by atoms with van der Waals surface area (Å²) in [5.74, 6) is 0.117. The maximum atomic E-state index is 14.3. The van der Waals surface area contributed by atoms with Gasteiger partial charge in [-0.15, -0.1) is 11.6 Å². The Morgan fingerprint density at radius 1 is 1.46 bits per heavy atom. The fraction of sp³-hybridized carbons (Fsp3) is 0.600. The monoisotopic (exact) mass is 411 g/mol. The number of nitrogen functional groups attached to an aromatic ring is 1. The van der Waals surface area contributed by atoms with Gasteiger partial charge in [-0.05, 0) is 38.8 Å². The highest BCUT2D eigenvalue weighted by molar-refractivity contribution is 7.58. The van der Waals surface area contributed by atoms with Crippen LogP contribution in [0.1, 0.15) is 32.9 Å². The number of nitrogens with zero attached hydrogens (tertiary/aromatic N) is 2. The fourth-order valence-electron chi connectivity index (χ4n) is 2.36. The van der Waals surface area contributed by atoms with Gasteiger partial charge in [0.1, 0.15) is 12.0 Å². The van der Waals surface area contributed by atoms with Gasteiger partial charge in [-0.25, -0.2) is 4.79 Å². The molecular weight excluding hydrogens is 388 g/mol. The Labute approximate surface area is 156 Å². The van der Waals surface area contributed by atoms with Crippen LogP contribution >= 0.6 is 19.2 Å². The molecule has 8 nitrogen and oxygen atoms in total. The number of alkyl halides is 1.